The molecule has 2 unspecified atom stereocenters. The van der Waals surface area contributed by atoms with E-state index >= 15 is 0 Å². The Balaban J connectivity index is 3.73. The van der Waals surface area contributed by atoms with E-state index in [-0.39, 0.29) is 11.8 Å². The Kier molecular flexibility index (Phi) is 6.49. The summed E-state index contributed by atoms with van der Waals surface area (Å²) in [6.07, 6.45) is 0. The van der Waals surface area contributed by atoms with Crippen LogP contribution in [0.2, 0.25) is 0 Å². The number of rotatable bonds is 6. The Bertz CT molecular complexity index is 172. The van der Waals surface area contributed by atoms with Gasteiger partial charge in [-0.2, -0.15) is 0 Å². The number of hydrogen-bond acceptors (Lipinski definition) is 3. The normalized spacial score (nSPS) is 15.3. The predicted molar refractivity (Wildman–Crippen MR) is 56.9 cm³/mol. The zero-order chi connectivity index (χ0) is 11.1. The van der Waals surface area contributed by atoms with Gasteiger partial charge in [-0.1, -0.05) is 20.8 Å². The lowest BCUT2D eigenvalue weighted by atomic mass is 10.0. The molecule has 84 valence electrons. The van der Waals surface area contributed by atoms with Crippen molar-refractivity contribution in [2.75, 3.05) is 20.3 Å². The van der Waals surface area contributed by atoms with Crippen molar-refractivity contribution in [3.8, 4) is 0 Å². The number of carbonyl (C=O) groups is 1. The first-order chi connectivity index (χ1) is 6.49. The monoisotopic (exact) mass is 202 g/mol. The molecule has 4 heteroatoms. The average Bonchev–Trinajstić information content (AvgIpc) is 2.13. The number of ether oxygens (including phenoxy) is 1. The highest BCUT2D eigenvalue weighted by Gasteiger charge is 2.17. The number of amides is 1. The van der Waals surface area contributed by atoms with Gasteiger partial charge in [0.15, 0.2) is 0 Å². The van der Waals surface area contributed by atoms with Gasteiger partial charge in [0, 0.05) is 13.7 Å². The number of nitrogens with one attached hydrogen (secondary N) is 1. The summed E-state index contributed by atoms with van der Waals surface area (Å²) in [4.78, 5) is 11.4. The van der Waals surface area contributed by atoms with Crippen LogP contribution in [0.15, 0.2) is 0 Å². The van der Waals surface area contributed by atoms with Crippen molar-refractivity contribution >= 4 is 5.91 Å². The van der Waals surface area contributed by atoms with Gasteiger partial charge in [-0.25, -0.2) is 0 Å². The summed E-state index contributed by atoms with van der Waals surface area (Å²) in [6.45, 7) is 7.15. The van der Waals surface area contributed by atoms with Crippen LogP contribution in [0.5, 0.6) is 0 Å². The first-order valence-corrected chi connectivity index (χ1v) is 5.01. The molecule has 2 atom stereocenters. The topological polar surface area (TPSA) is 64.3 Å². The summed E-state index contributed by atoms with van der Waals surface area (Å²) in [5.74, 6) is 0.416. The van der Waals surface area contributed by atoms with Crippen molar-refractivity contribution in [2.45, 2.75) is 26.8 Å². The van der Waals surface area contributed by atoms with Crippen LogP contribution in [-0.2, 0) is 9.53 Å². The summed E-state index contributed by atoms with van der Waals surface area (Å²) in [7, 11) is 1.65. The van der Waals surface area contributed by atoms with E-state index in [1.165, 1.54) is 0 Å². The van der Waals surface area contributed by atoms with E-state index in [4.69, 9.17) is 10.5 Å². The third kappa shape index (κ3) is 5.19. The van der Waals surface area contributed by atoms with E-state index < -0.39 is 6.04 Å². The number of methoxy groups -OCH3 is 1. The van der Waals surface area contributed by atoms with Crippen LogP contribution in [0.4, 0.5) is 0 Å². The fourth-order valence-electron chi connectivity index (χ4n) is 1.04. The van der Waals surface area contributed by atoms with Crippen LogP contribution in [0.3, 0.4) is 0 Å². The van der Waals surface area contributed by atoms with Gasteiger partial charge >= 0.3 is 0 Å². The second kappa shape index (κ2) is 6.79. The van der Waals surface area contributed by atoms with Crippen molar-refractivity contribution in [1.29, 1.82) is 0 Å². The van der Waals surface area contributed by atoms with Crippen LogP contribution < -0.4 is 11.1 Å². The van der Waals surface area contributed by atoms with E-state index in [9.17, 15) is 4.79 Å². The largest absolute Gasteiger partial charge is 0.384 e. The second-order valence-corrected chi connectivity index (χ2v) is 4.08. The lowest BCUT2D eigenvalue weighted by Gasteiger charge is -2.17. The summed E-state index contributed by atoms with van der Waals surface area (Å²) in [6, 6.07) is -0.412. The maximum Gasteiger partial charge on any atom is 0.237 e. The predicted octanol–water partition coefficient (Wildman–Crippen LogP) is 0.368. The lowest BCUT2D eigenvalue weighted by Crippen LogP contribution is -2.45. The second-order valence-electron chi connectivity index (χ2n) is 4.08. The van der Waals surface area contributed by atoms with E-state index in [2.05, 4.69) is 5.32 Å². The lowest BCUT2D eigenvalue weighted by molar-refractivity contribution is -0.123. The Hall–Kier alpha value is -0.610. The zero-order valence-electron chi connectivity index (χ0n) is 9.54. The Morgan fingerprint density at radius 3 is 2.43 bits per heavy atom. The average molecular weight is 202 g/mol. The molecule has 3 N–H and O–H groups in total. The molecule has 0 rings (SSSR count). The maximum absolute atomic E-state index is 11.4. The number of carbonyl (C=O) groups excluding carboxylic acids is 1. The van der Waals surface area contributed by atoms with E-state index in [0.29, 0.717) is 19.1 Å². The van der Waals surface area contributed by atoms with E-state index in [0.717, 1.165) is 0 Å². The standard InChI is InChI=1S/C10H22N2O2/c1-7(2)9(11)10(13)12-5-8(3)6-14-4/h7-9H,5-6,11H2,1-4H3,(H,12,13). The quantitative estimate of drug-likeness (QED) is 0.654. The van der Waals surface area contributed by atoms with Gasteiger partial charge in [0.05, 0.1) is 12.6 Å². The molecule has 0 aliphatic rings. The van der Waals surface area contributed by atoms with Gasteiger partial charge in [-0.15, -0.1) is 0 Å². The first-order valence-electron chi connectivity index (χ1n) is 5.01. The third-order valence-electron chi connectivity index (χ3n) is 2.10. The first kappa shape index (κ1) is 13.4. The van der Waals surface area contributed by atoms with Gasteiger partial charge in [-0.3, -0.25) is 4.79 Å². The molecule has 0 spiro atoms. The van der Waals surface area contributed by atoms with Crippen molar-refractivity contribution in [1.82, 2.24) is 5.32 Å². The molecular weight excluding hydrogens is 180 g/mol. The fraction of sp³-hybridized carbons (Fsp3) is 0.900. The highest BCUT2D eigenvalue weighted by Crippen LogP contribution is 1.98. The van der Waals surface area contributed by atoms with Crippen LogP contribution in [0.25, 0.3) is 0 Å². The van der Waals surface area contributed by atoms with Crippen molar-refractivity contribution in [3.05, 3.63) is 0 Å². The summed E-state index contributed by atoms with van der Waals surface area (Å²) in [5.41, 5.74) is 5.68. The Morgan fingerprint density at radius 1 is 1.43 bits per heavy atom. The Morgan fingerprint density at radius 2 is 2.00 bits per heavy atom. The van der Waals surface area contributed by atoms with E-state index in [1.807, 2.05) is 20.8 Å². The smallest absolute Gasteiger partial charge is 0.237 e. The van der Waals surface area contributed by atoms with Crippen LogP contribution >= 0.6 is 0 Å². The maximum atomic E-state index is 11.4. The number of hydrogen-bond donors (Lipinski definition) is 2. The minimum absolute atomic E-state index is 0.0806. The molecule has 0 radical (unpaired) electrons. The van der Waals surface area contributed by atoms with Gasteiger partial charge in [0.1, 0.15) is 0 Å². The molecule has 0 aliphatic heterocycles. The van der Waals surface area contributed by atoms with Gasteiger partial charge in [-0.05, 0) is 11.8 Å². The molecule has 0 aromatic carbocycles. The van der Waals surface area contributed by atoms with Crippen molar-refractivity contribution in [2.24, 2.45) is 17.6 Å². The SMILES string of the molecule is COCC(C)CNC(=O)C(N)C(C)C. The molecule has 0 fully saturated rings. The minimum atomic E-state index is -0.412. The highest BCUT2D eigenvalue weighted by molar-refractivity contribution is 5.81. The van der Waals surface area contributed by atoms with Crippen LogP contribution in [-0.4, -0.2) is 32.2 Å². The molecule has 1 amide bonds. The van der Waals surface area contributed by atoms with E-state index in [1.54, 1.807) is 7.11 Å². The van der Waals surface area contributed by atoms with Crippen molar-refractivity contribution in [3.63, 3.8) is 0 Å². The molecule has 0 aromatic rings. The fourth-order valence-corrected chi connectivity index (χ4v) is 1.04. The minimum Gasteiger partial charge on any atom is -0.384 e. The summed E-state index contributed by atoms with van der Waals surface area (Å²) >= 11 is 0. The van der Waals surface area contributed by atoms with Gasteiger partial charge < -0.3 is 15.8 Å². The molecule has 4 nitrogen and oxygen atoms in total. The van der Waals surface area contributed by atoms with Crippen LogP contribution in [0, 0.1) is 11.8 Å². The molecule has 0 saturated carbocycles. The summed E-state index contributed by atoms with van der Waals surface area (Å²) in [5, 5.41) is 2.80. The Labute approximate surface area is 86.2 Å². The summed E-state index contributed by atoms with van der Waals surface area (Å²) < 4.78 is 4.96. The molecular formula is C10H22N2O2. The third-order valence-corrected chi connectivity index (χ3v) is 2.10. The van der Waals surface area contributed by atoms with Crippen molar-refractivity contribution < 1.29 is 9.53 Å². The molecule has 14 heavy (non-hydrogen) atoms. The van der Waals surface area contributed by atoms with Gasteiger partial charge in [0.25, 0.3) is 0 Å². The zero-order valence-corrected chi connectivity index (χ0v) is 9.54. The molecule has 0 aromatic heterocycles. The van der Waals surface area contributed by atoms with Crippen LogP contribution in [0.1, 0.15) is 20.8 Å². The van der Waals surface area contributed by atoms with Gasteiger partial charge in [0.2, 0.25) is 5.91 Å². The molecule has 0 aliphatic carbocycles. The molecule has 0 bridgehead atoms. The highest BCUT2D eigenvalue weighted by atomic mass is 16.5. The number of nitrogens with two attached hydrogens (primary N) is 1. The molecule has 0 saturated heterocycles. The molecule has 0 heterocycles.